The van der Waals surface area contributed by atoms with Crippen LogP contribution >= 0.6 is 11.8 Å². The zero-order valence-corrected chi connectivity index (χ0v) is 9.41. The lowest BCUT2D eigenvalue weighted by Crippen LogP contribution is -2.31. The van der Waals surface area contributed by atoms with E-state index in [9.17, 15) is 8.42 Å². The number of hydrogen-bond acceptors (Lipinski definition) is 4. The summed E-state index contributed by atoms with van der Waals surface area (Å²) in [6.45, 7) is 4.47. The van der Waals surface area contributed by atoms with Crippen LogP contribution in [0.15, 0.2) is 4.99 Å². The lowest BCUT2D eigenvalue weighted by atomic mass is 10.3. The summed E-state index contributed by atoms with van der Waals surface area (Å²) < 4.78 is 25.3. The van der Waals surface area contributed by atoms with Crippen molar-refractivity contribution in [1.82, 2.24) is 4.72 Å². The van der Waals surface area contributed by atoms with Gasteiger partial charge in [0.05, 0.1) is 12.3 Å². The van der Waals surface area contributed by atoms with Gasteiger partial charge in [-0.05, 0) is 5.92 Å². The molecule has 76 valence electrons. The average Bonchev–Trinajstić information content (AvgIpc) is 2.34. The van der Waals surface area contributed by atoms with Gasteiger partial charge in [-0.1, -0.05) is 25.6 Å². The molecule has 1 rings (SSSR count). The molecule has 0 fully saturated rings. The Kier molecular flexibility index (Phi) is 3.61. The Morgan fingerprint density at radius 3 is 2.77 bits per heavy atom. The lowest BCUT2D eigenvalue weighted by Gasteiger charge is -2.08. The number of thioether (sulfide) groups is 1. The molecule has 0 spiro atoms. The fourth-order valence-corrected chi connectivity index (χ4v) is 3.48. The van der Waals surface area contributed by atoms with Gasteiger partial charge in [-0.3, -0.25) is 9.71 Å². The summed E-state index contributed by atoms with van der Waals surface area (Å²) in [4.78, 5) is 4.02. The van der Waals surface area contributed by atoms with Gasteiger partial charge < -0.3 is 0 Å². The van der Waals surface area contributed by atoms with Crippen LogP contribution in [-0.2, 0) is 10.0 Å². The molecule has 0 aromatic rings. The highest BCUT2D eigenvalue weighted by molar-refractivity contribution is 8.15. The molecule has 0 amide bonds. The number of nitrogens with zero attached hydrogens (tertiary/aromatic N) is 1. The first-order valence-corrected chi connectivity index (χ1v) is 6.81. The summed E-state index contributed by atoms with van der Waals surface area (Å²) in [5.74, 6) is 1.18. The zero-order valence-electron chi connectivity index (χ0n) is 7.78. The molecule has 1 aliphatic rings. The summed E-state index contributed by atoms with van der Waals surface area (Å²) in [5, 5.41) is 0.542. The maximum absolute atomic E-state index is 11.4. The molecule has 0 aromatic heterocycles. The Balaban J connectivity index is 2.51. The first kappa shape index (κ1) is 10.8. The quantitative estimate of drug-likeness (QED) is 0.763. The third-order valence-electron chi connectivity index (χ3n) is 1.38. The van der Waals surface area contributed by atoms with Crippen molar-refractivity contribution >= 4 is 27.0 Å². The first-order valence-electron chi connectivity index (χ1n) is 4.17. The van der Waals surface area contributed by atoms with Crippen molar-refractivity contribution < 1.29 is 8.42 Å². The van der Waals surface area contributed by atoms with Gasteiger partial charge in [-0.25, -0.2) is 8.42 Å². The molecule has 1 heterocycles. The molecule has 0 aromatic carbocycles. The van der Waals surface area contributed by atoms with Gasteiger partial charge in [0.2, 0.25) is 10.0 Å². The van der Waals surface area contributed by atoms with Crippen LogP contribution in [0.1, 0.15) is 13.8 Å². The number of nitrogens with one attached hydrogen (secondary N) is 1. The number of hydrogen-bond donors (Lipinski definition) is 1. The van der Waals surface area contributed by atoms with Crippen molar-refractivity contribution in [2.75, 3.05) is 18.1 Å². The van der Waals surface area contributed by atoms with Crippen molar-refractivity contribution in [3.8, 4) is 0 Å². The smallest absolute Gasteiger partial charge is 0.234 e. The summed E-state index contributed by atoms with van der Waals surface area (Å²) in [6.07, 6.45) is 0. The second-order valence-corrected chi connectivity index (χ2v) is 6.16. The molecule has 0 radical (unpaired) electrons. The lowest BCUT2D eigenvalue weighted by molar-refractivity contribution is 0.579. The van der Waals surface area contributed by atoms with Crippen LogP contribution in [-0.4, -0.2) is 31.6 Å². The van der Waals surface area contributed by atoms with Gasteiger partial charge >= 0.3 is 0 Å². The molecule has 0 unspecified atom stereocenters. The monoisotopic (exact) mass is 222 g/mol. The van der Waals surface area contributed by atoms with Crippen LogP contribution in [0.3, 0.4) is 0 Å². The molecule has 13 heavy (non-hydrogen) atoms. The minimum absolute atomic E-state index is 0.143. The molecular weight excluding hydrogens is 208 g/mol. The van der Waals surface area contributed by atoms with Gasteiger partial charge in [0.25, 0.3) is 0 Å². The maximum atomic E-state index is 11.4. The van der Waals surface area contributed by atoms with Crippen LogP contribution < -0.4 is 4.72 Å². The van der Waals surface area contributed by atoms with E-state index in [1.807, 2.05) is 13.8 Å². The van der Waals surface area contributed by atoms with E-state index in [4.69, 9.17) is 0 Å². The van der Waals surface area contributed by atoms with Crippen molar-refractivity contribution in [1.29, 1.82) is 0 Å². The van der Waals surface area contributed by atoms with Gasteiger partial charge in [-0.15, -0.1) is 0 Å². The van der Waals surface area contributed by atoms with Gasteiger partial charge in [-0.2, -0.15) is 0 Å². The molecule has 1 aliphatic heterocycles. The van der Waals surface area contributed by atoms with Gasteiger partial charge in [0.15, 0.2) is 5.17 Å². The van der Waals surface area contributed by atoms with E-state index >= 15 is 0 Å². The largest absolute Gasteiger partial charge is 0.262 e. The van der Waals surface area contributed by atoms with Crippen LogP contribution in [0, 0.1) is 5.92 Å². The van der Waals surface area contributed by atoms with Crippen LogP contribution in [0.25, 0.3) is 0 Å². The minimum Gasteiger partial charge on any atom is -0.262 e. The third kappa shape index (κ3) is 3.99. The first-order chi connectivity index (χ1) is 5.99. The van der Waals surface area contributed by atoms with Crippen LogP contribution in [0.5, 0.6) is 0 Å². The molecule has 6 heteroatoms. The Morgan fingerprint density at radius 1 is 1.62 bits per heavy atom. The Labute approximate surface area is 83.3 Å². The summed E-state index contributed by atoms with van der Waals surface area (Å²) >= 11 is 1.46. The van der Waals surface area contributed by atoms with E-state index in [-0.39, 0.29) is 11.7 Å². The van der Waals surface area contributed by atoms with E-state index in [1.54, 1.807) is 0 Å². The summed E-state index contributed by atoms with van der Waals surface area (Å²) in [7, 11) is -3.17. The molecule has 0 saturated heterocycles. The topological polar surface area (TPSA) is 58.5 Å². The number of rotatable bonds is 3. The molecule has 0 saturated carbocycles. The highest BCUT2D eigenvalue weighted by Crippen LogP contribution is 2.10. The van der Waals surface area contributed by atoms with Crippen LogP contribution in [0.2, 0.25) is 0 Å². The fraction of sp³-hybridized carbons (Fsp3) is 0.857. The third-order valence-corrected chi connectivity index (χ3v) is 4.01. The van der Waals surface area contributed by atoms with Gasteiger partial charge in [0.1, 0.15) is 0 Å². The molecule has 0 aliphatic carbocycles. The normalized spacial score (nSPS) is 17.6. The molecular formula is C7H14N2O2S2. The number of amidine groups is 1. The van der Waals surface area contributed by atoms with E-state index in [0.29, 0.717) is 11.7 Å². The molecule has 1 N–H and O–H groups in total. The predicted molar refractivity (Wildman–Crippen MR) is 56.5 cm³/mol. The second kappa shape index (κ2) is 4.32. The molecule has 4 nitrogen and oxygen atoms in total. The highest BCUT2D eigenvalue weighted by Gasteiger charge is 2.17. The SMILES string of the molecule is CC(C)CS(=O)(=O)NC1=NCCS1. The highest BCUT2D eigenvalue weighted by atomic mass is 32.2. The van der Waals surface area contributed by atoms with E-state index in [2.05, 4.69) is 9.71 Å². The molecule has 0 atom stereocenters. The van der Waals surface area contributed by atoms with E-state index in [1.165, 1.54) is 11.8 Å². The zero-order chi connectivity index (χ0) is 9.90. The van der Waals surface area contributed by atoms with Crippen molar-refractivity contribution in [2.45, 2.75) is 13.8 Å². The second-order valence-electron chi connectivity index (χ2n) is 3.31. The Bertz CT molecular complexity index is 296. The van der Waals surface area contributed by atoms with Crippen molar-refractivity contribution in [2.24, 2.45) is 10.9 Å². The van der Waals surface area contributed by atoms with Crippen molar-refractivity contribution in [3.05, 3.63) is 0 Å². The Morgan fingerprint density at radius 2 is 2.31 bits per heavy atom. The Hall–Kier alpha value is -0.230. The van der Waals surface area contributed by atoms with E-state index < -0.39 is 10.0 Å². The van der Waals surface area contributed by atoms with E-state index in [0.717, 1.165) is 5.75 Å². The van der Waals surface area contributed by atoms with Crippen molar-refractivity contribution in [3.63, 3.8) is 0 Å². The fourth-order valence-electron chi connectivity index (χ4n) is 1.01. The van der Waals surface area contributed by atoms with Crippen LogP contribution in [0.4, 0.5) is 0 Å². The maximum Gasteiger partial charge on any atom is 0.234 e. The number of sulfonamides is 1. The average molecular weight is 222 g/mol. The number of aliphatic imine (C=N–C) groups is 1. The van der Waals surface area contributed by atoms with Gasteiger partial charge in [0, 0.05) is 5.75 Å². The predicted octanol–water partition coefficient (Wildman–Crippen LogP) is 0.665. The summed E-state index contributed by atoms with van der Waals surface area (Å²) in [5.41, 5.74) is 0. The molecule has 0 bridgehead atoms. The summed E-state index contributed by atoms with van der Waals surface area (Å²) in [6, 6.07) is 0. The standard InChI is InChI=1S/C7H14N2O2S2/c1-6(2)5-13(10,11)9-7-8-3-4-12-7/h6H,3-5H2,1-2H3,(H,8,9). The minimum atomic E-state index is -3.17.